The molecule has 0 saturated carbocycles. The molecule has 3 aromatic rings. The van der Waals surface area contributed by atoms with Gasteiger partial charge in [-0.05, 0) is 18.4 Å². The minimum atomic E-state index is 0.126. The third-order valence-corrected chi connectivity index (χ3v) is 2.87. The van der Waals surface area contributed by atoms with Crippen molar-refractivity contribution >= 4 is 21.9 Å². The normalized spacial score (nSPS) is 12.9. The zero-order chi connectivity index (χ0) is 10.0. The number of rotatable bonds is 1. The Hall–Kier alpha value is -1.51. The largest absolute Gasteiger partial charge is 0.288 e. The molecule has 0 atom stereocenters. The van der Waals surface area contributed by atoms with Gasteiger partial charge in [0.2, 0.25) is 11.2 Å². The molecule has 0 amide bonds. The molecule has 72 valence electrons. The van der Waals surface area contributed by atoms with E-state index in [2.05, 4.69) is 13.8 Å². The summed E-state index contributed by atoms with van der Waals surface area (Å²) < 4.78 is 9.73. The second kappa shape index (κ2) is 2.11. The lowest BCUT2D eigenvalue weighted by molar-refractivity contribution is 0.0598. The number of aryl methyl sites for hydroxylation is 1. The van der Waals surface area contributed by atoms with Gasteiger partial charge in [0.1, 0.15) is 0 Å². The predicted molar refractivity (Wildman–Crippen MR) is 53.5 cm³/mol. The molecule has 2 aromatic carbocycles. The lowest BCUT2D eigenvalue weighted by Crippen LogP contribution is -1.93. The van der Waals surface area contributed by atoms with Crippen molar-refractivity contribution < 1.29 is 9.15 Å². The fraction of sp³-hybridized carbons (Fsp3) is 0.364. The van der Waals surface area contributed by atoms with E-state index < -0.39 is 0 Å². The minimum Gasteiger partial charge on any atom is -0.288 e. The maximum absolute atomic E-state index is 11.5. The first-order valence-electron chi connectivity index (χ1n) is 4.72. The van der Waals surface area contributed by atoms with Crippen LogP contribution in [0.1, 0.15) is 30.9 Å². The van der Waals surface area contributed by atoms with Crippen molar-refractivity contribution in [2.75, 3.05) is 0 Å². The summed E-state index contributed by atoms with van der Waals surface area (Å²) >= 11 is 0. The van der Waals surface area contributed by atoms with Crippen LogP contribution in [0.4, 0.5) is 0 Å². The molecule has 0 radical (unpaired) electrons. The summed E-state index contributed by atoms with van der Waals surface area (Å²) in [5, 5.41) is 1.60. The summed E-state index contributed by atoms with van der Waals surface area (Å²) in [6, 6.07) is 0. The van der Waals surface area contributed by atoms with Crippen LogP contribution in [-0.2, 0) is 0 Å². The molecule has 0 N–H and O–H groups in total. The minimum absolute atomic E-state index is 0.126. The van der Waals surface area contributed by atoms with E-state index >= 15 is 0 Å². The van der Waals surface area contributed by atoms with E-state index in [0.29, 0.717) is 11.5 Å². The van der Waals surface area contributed by atoms with E-state index in [4.69, 9.17) is 9.15 Å². The Balaban J connectivity index is 2.52. The Morgan fingerprint density at radius 1 is 1.07 bits per heavy atom. The average molecular weight is 190 g/mol. The van der Waals surface area contributed by atoms with Gasteiger partial charge in [0, 0.05) is 10.9 Å². The van der Waals surface area contributed by atoms with Crippen molar-refractivity contribution in [3.05, 3.63) is 21.4 Å². The van der Waals surface area contributed by atoms with Crippen molar-refractivity contribution in [1.82, 2.24) is 0 Å². The van der Waals surface area contributed by atoms with Gasteiger partial charge in [-0.25, -0.2) is 0 Å². The summed E-state index contributed by atoms with van der Waals surface area (Å²) in [6.45, 7) is 6.14. The van der Waals surface area contributed by atoms with E-state index in [1.54, 1.807) is 0 Å². The molecule has 0 spiro atoms. The molecule has 0 unspecified atom stereocenters. The molecule has 3 nitrogen and oxygen atoms in total. The Bertz CT molecular complexity index is 642. The molecule has 3 heteroatoms. The standard InChI is InChI=1S/C11H10O3/c1-4(2)6-5(3)10-11(14-13-10)8-7(6)9(8)12/h4H,1-3H3. The first-order chi connectivity index (χ1) is 6.63. The molecule has 0 aliphatic rings. The maximum atomic E-state index is 11.5. The Kier molecular flexibility index (Phi) is 1.18. The summed E-state index contributed by atoms with van der Waals surface area (Å²) in [6.07, 6.45) is 0. The molecule has 0 fully saturated rings. The van der Waals surface area contributed by atoms with Crippen LogP contribution in [0, 0.1) is 6.92 Å². The highest BCUT2D eigenvalue weighted by molar-refractivity contribution is 6.15. The predicted octanol–water partition coefficient (Wildman–Crippen LogP) is 2.85. The molecule has 0 saturated heterocycles. The molecule has 1 aromatic heterocycles. The molecule has 3 rings (SSSR count). The van der Waals surface area contributed by atoms with Gasteiger partial charge in [0.05, 0.1) is 5.39 Å². The number of benzene rings is 1. The van der Waals surface area contributed by atoms with Gasteiger partial charge in [0.15, 0.2) is 5.43 Å². The first kappa shape index (κ1) is 7.85. The molecular weight excluding hydrogens is 180 g/mol. The zero-order valence-electron chi connectivity index (χ0n) is 8.30. The van der Waals surface area contributed by atoms with E-state index in [-0.39, 0.29) is 5.43 Å². The molecule has 14 heavy (non-hydrogen) atoms. The third-order valence-electron chi connectivity index (χ3n) is 2.87. The smallest absolute Gasteiger partial charge is 0.237 e. The van der Waals surface area contributed by atoms with E-state index in [9.17, 15) is 4.79 Å². The lowest BCUT2D eigenvalue weighted by Gasteiger charge is -2.09. The van der Waals surface area contributed by atoms with Gasteiger partial charge in [0.25, 0.3) is 0 Å². The second-order valence-corrected chi connectivity index (χ2v) is 4.10. The number of hydrogen-bond acceptors (Lipinski definition) is 3. The van der Waals surface area contributed by atoms with Crippen molar-refractivity contribution in [2.45, 2.75) is 26.7 Å². The van der Waals surface area contributed by atoms with Crippen LogP contribution in [0.2, 0.25) is 0 Å². The molecular formula is C11H10O3. The van der Waals surface area contributed by atoms with E-state index in [0.717, 1.165) is 27.5 Å². The van der Waals surface area contributed by atoms with Crippen LogP contribution < -0.4 is 5.43 Å². The summed E-state index contributed by atoms with van der Waals surface area (Å²) in [7, 11) is 0. The fourth-order valence-electron chi connectivity index (χ4n) is 2.19. The summed E-state index contributed by atoms with van der Waals surface area (Å²) in [4.78, 5) is 11.5. The summed E-state index contributed by atoms with van der Waals surface area (Å²) in [5.41, 5.74) is 3.68. The highest BCUT2D eigenvalue weighted by Crippen LogP contribution is 2.39. The fourth-order valence-corrected chi connectivity index (χ4v) is 2.19. The third kappa shape index (κ3) is 0.672. The molecule has 0 aliphatic carbocycles. The van der Waals surface area contributed by atoms with Crippen molar-refractivity contribution in [3.63, 3.8) is 0 Å². The Morgan fingerprint density at radius 3 is 2.21 bits per heavy atom. The average Bonchev–Trinajstić information content (AvgIpc) is 2.60. The molecule has 0 bridgehead atoms. The van der Waals surface area contributed by atoms with Gasteiger partial charge in [-0.3, -0.25) is 13.9 Å². The van der Waals surface area contributed by atoms with Crippen molar-refractivity contribution in [1.29, 1.82) is 0 Å². The lowest BCUT2D eigenvalue weighted by atomic mass is 9.97. The van der Waals surface area contributed by atoms with Crippen LogP contribution in [0.5, 0.6) is 0 Å². The quantitative estimate of drug-likeness (QED) is 0.554. The van der Waals surface area contributed by atoms with Gasteiger partial charge >= 0.3 is 0 Å². The topological polar surface area (TPSA) is 43.4 Å². The van der Waals surface area contributed by atoms with Crippen LogP contribution >= 0.6 is 0 Å². The highest BCUT2D eigenvalue weighted by Gasteiger charge is 2.30. The molecule has 1 heterocycles. The molecule has 0 aliphatic heterocycles. The Labute approximate surface area is 79.9 Å². The van der Waals surface area contributed by atoms with Crippen LogP contribution in [0.25, 0.3) is 21.9 Å². The Morgan fingerprint density at radius 2 is 1.71 bits per heavy atom. The SMILES string of the molecule is Cc1c(C(C)C)c2c(=O)c2c2ooc12. The number of hydrogen-bond donors (Lipinski definition) is 0. The van der Waals surface area contributed by atoms with Gasteiger partial charge in [-0.15, -0.1) is 0 Å². The second-order valence-electron chi connectivity index (χ2n) is 4.10. The highest BCUT2D eigenvalue weighted by atomic mass is 17.0. The van der Waals surface area contributed by atoms with E-state index in [1.165, 1.54) is 0 Å². The summed E-state index contributed by atoms with van der Waals surface area (Å²) in [5.74, 6) is 0.352. The monoisotopic (exact) mass is 190 g/mol. The van der Waals surface area contributed by atoms with E-state index in [1.807, 2.05) is 6.92 Å². The maximum Gasteiger partial charge on any atom is 0.237 e. The van der Waals surface area contributed by atoms with Gasteiger partial charge in [-0.1, -0.05) is 13.8 Å². The van der Waals surface area contributed by atoms with Crippen LogP contribution in [0.15, 0.2) is 13.9 Å². The van der Waals surface area contributed by atoms with Gasteiger partial charge < -0.3 is 0 Å². The first-order valence-corrected chi connectivity index (χ1v) is 4.72. The van der Waals surface area contributed by atoms with Gasteiger partial charge in [-0.2, -0.15) is 0 Å². The van der Waals surface area contributed by atoms with Crippen molar-refractivity contribution in [2.24, 2.45) is 0 Å². The van der Waals surface area contributed by atoms with Crippen LogP contribution in [0.3, 0.4) is 0 Å². The van der Waals surface area contributed by atoms with Crippen molar-refractivity contribution in [3.8, 4) is 0 Å². The number of fused-ring (bicyclic) bond motifs is 3. The zero-order valence-corrected chi connectivity index (χ0v) is 8.30. The van der Waals surface area contributed by atoms with Crippen LogP contribution in [-0.4, -0.2) is 0 Å².